The fourth-order valence-corrected chi connectivity index (χ4v) is 3.83. The van der Waals surface area contributed by atoms with Crippen molar-refractivity contribution in [1.29, 1.82) is 0 Å². The monoisotopic (exact) mass is 424 g/mol. The van der Waals surface area contributed by atoms with E-state index >= 15 is 0 Å². The van der Waals surface area contributed by atoms with Gasteiger partial charge in [-0.05, 0) is 56.7 Å². The molecule has 0 unspecified atom stereocenters. The first-order valence-corrected chi connectivity index (χ1v) is 9.91. The van der Waals surface area contributed by atoms with Crippen LogP contribution in [-0.4, -0.2) is 11.8 Å². The van der Waals surface area contributed by atoms with Crippen LogP contribution in [0.5, 0.6) is 0 Å². The molecule has 2 aromatic carbocycles. The Morgan fingerprint density at radius 1 is 1.13 bits per heavy atom. The van der Waals surface area contributed by atoms with E-state index in [1.54, 1.807) is 38.1 Å². The standard InChI is InChI=1S/C24H22F2N2O3/c1-14-7-9-17(31-14)12-27-22(29)15-8-10-18-20(11-15)28(23(30)24(18,2)3)13-16-5-4-6-19(25)21(16)26/h4-11H,12-13H2,1-3H3,(H,27,29). The zero-order chi connectivity index (χ0) is 22.3. The van der Waals surface area contributed by atoms with Gasteiger partial charge in [0.1, 0.15) is 11.5 Å². The Morgan fingerprint density at radius 3 is 2.61 bits per heavy atom. The molecule has 0 saturated carbocycles. The number of carbonyl (C=O) groups excluding carboxylic acids is 2. The molecule has 0 fully saturated rings. The number of nitrogens with zero attached hydrogens (tertiary/aromatic N) is 1. The SMILES string of the molecule is Cc1ccc(CNC(=O)c2ccc3c(c2)N(Cc2cccc(F)c2F)C(=O)C3(C)C)o1. The van der Waals surface area contributed by atoms with Crippen molar-refractivity contribution in [2.24, 2.45) is 0 Å². The number of hydrogen-bond donors (Lipinski definition) is 1. The highest BCUT2D eigenvalue weighted by molar-refractivity contribution is 6.08. The molecule has 0 atom stereocenters. The molecule has 4 rings (SSSR count). The molecule has 7 heteroatoms. The molecule has 0 bridgehead atoms. The third-order valence-electron chi connectivity index (χ3n) is 5.58. The number of nitrogens with one attached hydrogen (secondary N) is 1. The summed E-state index contributed by atoms with van der Waals surface area (Å²) in [7, 11) is 0. The smallest absolute Gasteiger partial charge is 0.251 e. The molecule has 31 heavy (non-hydrogen) atoms. The van der Waals surface area contributed by atoms with Gasteiger partial charge in [-0.15, -0.1) is 0 Å². The van der Waals surface area contributed by atoms with Crippen LogP contribution in [-0.2, 0) is 23.3 Å². The third kappa shape index (κ3) is 3.71. The highest BCUT2D eigenvalue weighted by atomic mass is 19.2. The minimum Gasteiger partial charge on any atom is -0.465 e. The Hall–Kier alpha value is -3.48. The average molecular weight is 424 g/mol. The van der Waals surface area contributed by atoms with Gasteiger partial charge in [-0.1, -0.05) is 18.2 Å². The lowest BCUT2D eigenvalue weighted by Gasteiger charge is -2.21. The fourth-order valence-electron chi connectivity index (χ4n) is 3.83. The molecular weight excluding hydrogens is 402 g/mol. The summed E-state index contributed by atoms with van der Waals surface area (Å²) in [6, 6.07) is 12.5. The molecule has 1 N–H and O–H groups in total. The van der Waals surface area contributed by atoms with Gasteiger partial charge < -0.3 is 14.6 Å². The van der Waals surface area contributed by atoms with Gasteiger partial charge in [0.05, 0.1) is 18.5 Å². The number of anilines is 1. The Labute approximate surface area is 178 Å². The number of halogens is 2. The Bertz CT molecular complexity index is 1180. The lowest BCUT2D eigenvalue weighted by molar-refractivity contribution is -0.122. The number of amides is 2. The second-order valence-electron chi connectivity index (χ2n) is 8.16. The zero-order valence-electron chi connectivity index (χ0n) is 17.5. The van der Waals surface area contributed by atoms with Gasteiger partial charge in [0.25, 0.3) is 5.91 Å². The molecule has 160 valence electrons. The van der Waals surface area contributed by atoms with Gasteiger partial charge in [0.15, 0.2) is 11.6 Å². The van der Waals surface area contributed by atoms with Crippen LogP contribution in [0.15, 0.2) is 52.9 Å². The molecule has 0 radical (unpaired) electrons. The van der Waals surface area contributed by atoms with Crippen LogP contribution < -0.4 is 10.2 Å². The average Bonchev–Trinajstić information content (AvgIpc) is 3.24. The minimum atomic E-state index is -0.982. The summed E-state index contributed by atoms with van der Waals surface area (Å²) in [6.07, 6.45) is 0. The van der Waals surface area contributed by atoms with E-state index in [2.05, 4.69) is 5.32 Å². The molecule has 1 aromatic heterocycles. The summed E-state index contributed by atoms with van der Waals surface area (Å²) < 4.78 is 33.3. The fraction of sp³-hybridized carbons (Fsp3) is 0.250. The normalized spacial score (nSPS) is 14.6. The van der Waals surface area contributed by atoms with E-state index in [4.69, 9.17) is 4.42 Å². The predicted octanol–water partition coefficient (Wildman–Crippen LogP) is 4.62. The van der Waals surface area contributed by atoms with Crippen molar-refractivity contribution in [2.75, 3.05) is 4.90 Å². The highest BCUT2D eigenvalue weighted by Gasteiger charge is 2.44. The summed E-state index contributed by atoms with van der Waals surface area (Å²) in [4.78, 5) is 27.1. The van der Waals surface area contributed by atoms with Crippen molar-refractivity contribution in [1.82, 2.24) is 5.32 Å². The van der Waals surface area contributed by atoms with Crippen LogP contribution in [0.2, 0.25) is 0 Å². The Balaban J connectivity index is 1.63. The van der Waals surface area contributed by atoms with Crippen molar-refractivity contribution >= 4 is 17.5 Å². The molecular formula is C24H22F2N2O3. The van der Waals surface area contributed by atoms with E-state index < -0.39 is 17.0 Å². The van der Waals surface area contributed by atoms with Crippen molar-refractivity contribution < 1.29 is 22.8 Å². The van der Waals surface area contributed by atoms with Crippen LogP contribution in [0.1, 0.15) is 46.9 Å². The summed E-state index contributed by atoms with van der Waals surface area (Å²) >= 11 is 0. The maximum absolute atomic E-state index is 14.2. The molecule has 1 aliphatic rings. The van der Waals surface area contributed by atoms with E-state index in [9.17, 15) is 18.4 Å². The van der Waals surface area contributed by atoms with Crippen LogP contribution in [0.4, 0.5) is 14.5 Å². The van der Waals surface area contributed by atoms with E-state index in [1.165, 1.54) is 17.0 Å². The number of aryl methyl sites for hydroxylation is 1. The maximum Gasteiger partial charge on any atom is 0.251 e. The van der Waals surface area contributed by atoms with E-state index in [1.807, 2.05) is 13.0 Å². The second-order valence-corrected chi connectivity index (χ2v) is 8.16. The number of furan rings is 1. The summed E-state index contributed by atoms with van der Waals surface area (Å²) in [5, 5.41) is 2.79. The molecule has 0 aliphatic carbocycles. The molecule has 2 heterocycles. The summed E-state index contributed by atoms with van der Waals surface area (Å²) in [6.45, 7) is 5.47. The van der Waals surface area contributed by atoms with E-state index in [-0.39, 0.29) is 30.5 Å². The van der Waals surface area contributed by atoms with Crippen LogP contribution >= 0.6 is 0 Å². The Kier molecular flexibility index (Phi) is 5.13. The first-order chi connectivity index (χ1) is 14.7. The summed E-state index contributed by atoms with van der Waals surface area (Å²) in [5.41, 5.74) is 0.824. The van der Waals surface area contributed by atoms with Gasteiger partial charge in [0.2, 0.25) is 5.91 Å². The van der Waals surface area contributed by atoms with Crippen molar-refractivity contribution in [2.45, 2.75) is 39.3 Å². The summed E-state index contributed by atoms with van der Waals surface area (Å²) in [5.74, 6) is -1.14. The van der Waals surface area contributed by atoms with Crippen LogP contribution in [0.3, 0.4) is 0 Å². The van der Waals surface area contributed by atoms with Gasteiger partial charge >= 0.3 is 0 Å². The van der Waals surface area contributed by atoms with Crippen LogP contribution in [0.25, 0.3) is 0 Å². The number of rotatable bonds is 5. The maximum atomic E-state index is 14.2. The van der Waals surface area contributed by atoms with Gasteiger partial charge in [-0.2, -0.15) is 0 Å². The van der Waals surface area contributed by atoms with Gasteiger partial charge in [0, 0.05) is 16.8 Å². The first-order valence-electron chi connectivity index (χ1n) is 9.91. The molecule has 0 spiro atoms. The lowest BCUT2D eigenvalue weighted by Crippen LogP contribution is -2.36. The van der Waals surface area contributed by atoms with Crippen LogP contribution in [0, 0.1) is 18.6 Å². The van der Waals surface area contributed by atoms with Gasteiger partial charge in [-0.3, -0.25) is 9.59 Å². The van der Waals surface area contributed by atoms with Gasteiger partial charge in [-0.25, -0.2) is 8.78 Å². The first kappa shape index (κ1) is 20.8. The molecule has 1 aliphatic heterocycles. The largest absolute Gasteiger partial charge is 0.465 e. The zero-order valence-corrected chi connectivity index (χ0v) is 17.5. The van der Waals surface area contributed by atoms with E-state index in [0.29, 0.717) is 17.0 Å². The number of fused-ring (bicyclic) bond motifs is 1. The lowest BCUT2D eigenvalue weighted by atomic mass is 9.86. The number of hydrogen-bond acceptors (Lipinski definition) is 3. The number of carbonyl (C=O) groups is 2. The van der Waals surface area contributed by atoms with Crippen molar-refractivity contribution in [3.8, 4) is 0 Å². The minimum absolute atomic E-state index is 0.0695. The second kappa shape index (κ2) is 7.65. The highest BCUT2D eigenvalue weighted by Crippen LogP contribution is 2.43. The topological polar surface area (TPSA) is 62.6 Å². The van der Waals surface area contributed by atoms with Crippen molar-refractivity contribution in [3.63, 3.8) is 0 Å². The number of benzene rings is 2. The molecule has 0 saturated heterocycles. The van der Waals surface area contributed by atoms with Crippen molar-refractivity contribution in [3.05, 3.63) is 88.4 Å². The quantitative estimate of drug-likeness (QED) is 0.650. The van der Waals surface area contributed by atoms with E-state index in [0.717, 1.165) is 17.4 Å². The predicted molar refractivity (Wildman–Crippen MR) is 112 cm³/mol. The molecule has 2 amide bonds. The Morgan fingerprint density at radius 2 is 1.90 bits per heavy atom. The molecule has 3 aromatic rings. The molecule has 5 nitrogen and oxygen atoms in total. The third-order valence-corrected chi connectivity index (χ3v) is 5.58.